The van der Waals surface area contributed by atoms with Crippen molar-refractivity contribution >= 4 is 5.91 Å². The number of halogens is 1. The van der Waals surface area contributed by atoms with E-state index in [1.807, 2.05) is 0 Å². The molecule has 0 aromatic heterocycles. The number of hydrogen-bond acceptors (Lipinski definition) is 3. The molecule has 114 valence electrons. The van der Waals surface area contributed by atoms with Crippen LogP contribution >= 0.6 is 0 Å². The number of rotatable bonds is 4. The van der Waals surface area contributed by atoms with E-state index in [9.17, 15) is 9.18 Å². The second-order valence-corrected chi connectivity index (χ2v) is 5.76. The fourth-order valence-electron chi connectivity index (χ4n) is 3.31. The van der Waals surface area contributed by atoms with Gasteiger partial charge in [-0.1, -0.05) is 0 Å². The van der Waals surface area contributed by atoms with E-state index in [4.69, 9.17) is 4.74 Å². The molecule has 2 aliphatic heterocycles. The van der Waals surface area contributed by atoms with Gasteiger partial charge in [0.05, 0.1) is 0 Å². The Hall–Kier alpha value is -1.62. The van der Waals surface area contributed by atoms with E-state index in [2.05, 4.69) is 10.2 Å². The van der Waals surface area contributed by atoms with Crippen LogP contribution in [0.4, 0.5) is 4.39 Å². The minimum absolute atomic E-state index is 0.187. The van der Waals surface area contributed by atoms with Crippen molar-refractivity contribution in [2.45, 2.75) is 37.8 Å². The number of carbonyl (C=O) groups excluding carboxylic acids is 1. The summed E-state index contributed by atoms with van der Waals surface area (Å²) in [7, 11) is 0. The molecule has 1 amide bonds. The molecule has 0 bridgehead atoms. The van der Waals surface area contributed by atoms with Crippen molar-refractivity contribution in [3.8, 4) is 5.75 Å². The van der Waals surface area contributed by atoms with Crippen molar-refractivity contribution < 1.29 is 13.9 Å². The third-order valence-electron chi connectivity index (χ3n) is 4.37. The normalized spacial score (nSPS) is 26.0. The third-order valence-corrected chi connectivity index (χ3v) is 4.37. The van der Waals surface area contributed by atoms with E-state index < -0.39 is 0 Å². The van der Waals surface area contributed by atoms with E-state index in [1.54, 1.807) is 12.1 Å². The highest BCUT2D eigenvalue weighted by Gasteiger charge is 2.36. The van der Waals surface area contributed by atoms with Gasteiger partial charge in [0.1, 0.15) is 18.2 Å². The van der Waals surface area contributed by atoms with Crippen LogP contribution in [0.3, 0.4) is 0 Å². The Morgan fingerprint density at radius 3 is 2.90 bits per heavy atom. The quantitative estimate of drug-likeness (QED) is 0.922. The van der Waals surface area contributed by atoms with Crippen LogP contribution < -0.4 is 10.1 Å². The predicted octanol–water partition coefficient (Wildman–Crippen LogP) is 1.95. The van der Waals surface area contributed by atoms with Crippen molar-refractivity contribution in [2.75, 3.05) is 19.7 Å². The van der Waals surface area contributed by atoms with Crippen molar-refractivity contribution in [2.24, 2.45) is 0 Å². The molecule has 1 aromatic carbocycles. The zero-order valence-electron chi connectivity index (χ0n) is 12.1. The first-order valence-corrected chi connectivity index (χ1v) is 7.64. The van der Waals surface area contributed by atoms with Crippen molar-refractivity contribution in [1.82, 2.24) is 10.2 Å². The van der Waals surface area contributed by atoms with Crippen LogP contribution in [0.15, 0.2) is 24.3 Å². The average Bonchev–Trinajstić information content (AvgIpc) is 2.73. The summed E-state index contributed by atoms with van der Waals surface area (Å²) in [6.07, 6.45) is 3.70. The number of nitrogens with one attached hydrogen (secondary N) is 1. The lowest BCUT2D eigenvalue weighted by Crippen LogP contribution is -2.43. The monoisotopic (exact) mass is 292 g/mol. The highest BCUT2D eigenvalue weighted by Crippen LogP contribution is 2.25. The zero-order valence-corrected chi connectivity index (χ0v) is 12.1. The van der Waals surface area contributed by atoms with Gasteiger partial charge in [0.2, 0.25) is 5.91 Å². The van der Waals surface area contributed by atoms with Crippen LogP contribution in [-0.4, -0.2) is 42.6 Å². The first kappa shape index (κ1) is 14.3. The third kappa shape index (κ3) is 3.53. The van der Waals surface area contributed by atoms with Gasteiger partial charge in [-0.3, -0.25) is 9.69 Å². The Bertz CT molecular complexity index is 492. The Morgan fingerprint density at radius 2 is 2.10 bits per heavy atom. The van der Waals surface area contributed by atoms with Gasteiger partial charge in [-0.2, -0.15) is 0 Å². The fraction of sp³-hybridized carbons (Fsp3) is 0.562. The number of likely N-dealkylation sites (tertiary alicyclic amines) is 1. The number of amides is 1. The maximum absolute atomic E-state index is 12.8. The predicted molar refractivity (Wildman–Crippen MR) is 77.7 cm³/mol. The van der Waals surface area contributed by atoms with E-state index in [-0.39, 0.29) is 11.7 Å². The molecule has 3 rings (SSSR count). The lowest BCUT2D eigenvalue weighted by Gasteiger charge is -2.26. The van der Waals surface area contributed by atoms with Gasteiger partial charge in [-0.05, 0) is 43.5 Å². The van der Waals surface area contributed by atoms with Gasteiger partial charge in [0, 0.05) is 31.6 Å². The van der Waals surface area contributed by atoms with Gasteiger partial charge in [-0.15, -0.1) is 0 Å². The van der Waals surface area contributed by atoms with E-state index >= 15 is 0 Å². The Balaban J connectivity index is 1.49. The van der Waals surface area contributed by atoms with Gasteiger partial charge in [0.15, 0.2) is 0 Å². The van der Waals surface area contributed by atoms with E-state index in [0.29, 0.717) is 30.9 Å². The molecule has 1 N–H and O–H groups in total. The Kier molecular flexibility index (Phi) is 4.39. The van der Waals surface area contributed by atoms with Gasteiger partial charge in [-0.25, -0.2) is 4.39 Å². The number of carbonyl (C=O) groups is 1. The Labute approximate surface area is 124 Å². The molecule has 0 spiro atoms. The molecule has 2 saturated heterocycles. The molecule has 2 aliphatic rings. The molecule has 2 atom stereocenters. The number of fused-ring (bicyclic) bond motifs is 1. The van der Waals surface area contributed by atoms with Crippen molar-refractivity contribution in [3.63, 3.8) is 0 Å². The average molecular weight is 292 g/mol. The Morgan fingerprint density at radius 1 is 1.29 bits per heavy atom. The number of ether oxygens (including phenoxy) is 1. The SMILES string of the molecule is O=C1CCC[C@@H]2[C@@H](CCN2CCOc2ccc(F)cc2)N1. The first-order chi connectivity index (χ1) is 10.2. The van der Waals surface area contributed by atoms with Crippen LogP contribution in [0.2, 0.25) is 0 Å². The molecule has 5 heteroatoms. The summed E-state index contributed by atoms with van der Waals surface area (Å²) in [5, 5.41) is 3.12. The molecular formula is C16H21FN2O2. The minimum Gasteiger partial charge on any atom is -0.492 e. The topological polar surface area (TPSA) is 41.6 Å². The van der Waals surface area contributed by atoms with Crippen molar-refractivity contribution in [3.05, 3.63) is 30.1 Å². The van der Waals surface area contributed by atoms with E-state index in [0.717, 1.165) is 32.4 Å². The summed E-state index contributed by atoms with van der Waals surface area (Å²) < 4.78 is 18.5. The summed E-state index contributed by atoms with van der Waals surface area (Å²) in [5.74, 6) is 0.632. The molecule has 1 aromatic rings. The standard InChI is InChI=1S/C16H21FN2O2/c17-12-4-6-13(7-5-12)21-11-10-19-9-8-14-15(19)2-1-3-16(20)18-14/h4-7,14-15H,1-3,8-11H2,(H,18,20)/t14-,15-/m1/s1. The molecule has 0 unspecified atom stereocenters. The first-order valence-electron chi connectivity index (χ1n) is 7.64. The summed E-state index contributed by atoms with van der Waals surface area (Å²) in [6.45, 7) is 2.43. The smallest absolute Gasteiger partial charge is 0.220 e. The molecule has 0 radical (unpaired) electrons. The highest BCUT2D eigenvalue weighted by atomic mass is 19.1. The van der Waals surface area contributed by atoms with Crippen LogP contribution in [0, 0.1) is 5.82 Å². The van der Waals surface area contributed by atoms with Gasteiger partial charge >= 0.3 is 0 Å². The van der Waals surface area contributed by atoms with E-state index in [1.165, 1.54) is 12.1 Å². The molecule has 4 nitrogen and oxygen atoms in total. The molecule has 2 fully saturated rings. The minimum atomic E-state index is -0.251. The highest BCUT2D eigenvalue weighted by molar-refractivity contribution is 5.76. The molecule has 0 saturated carbocycles. The largest absolute Gasteiger partial charge is 0.492 e. The summed E-state index contributed by atoms with van der Waals surface area (Å²) in [6, 6.07) is 6.84. The fourth-order valence-corrected chi connectivity index (χ4v) is 3.31. The number of benzene rings is 1. The second-order valence-electron chi connectivity index (χ2n) is 5.76. The lowest BCUT2D eigenvalue weighted by atomic mass is 10.1. The summed E-state index contributed by atoms with van der Waals surface area (Å²) in [4.78, 5) is 14.0. The maximum atomic E-state index is 12.8. The van der Waals surface area contributed by atoms with Crippen LogP contribution in [0.5, 0.6) is 5.75 Å². The molecular weight excluding hydrogens is 271 g/mol. The summed E-state index contributed by atoms with van der Waals surface area (Å²) in [5.41, 5.74) is 0. The number of nitrogens with zero attached hydrogens (tertiary/aromatic N) is 1. The molecule has 21 heavy (non-hydrogen) atoms. The maximum Gasteiger partial charge on any atom is 0.220 e. The van der Waals surface area contributed by atoms with Crippen molar-refractivity contribution in [1.29, 1.82) is 0 Å². The van der Waals surface area contributed by atoms with Gasteiger partial charge < -0.3 is 10.1 Å². The lowest BCUT2D eigenvalue weighted by molar-refractivity contribution is -0.121. The summed E-state index contributed by atoms with van der Waals surface area (Å²) >= 11 is 0. The van der Waals surface area contributed by atoms with Crippen LogP contribution in [0.1, 0.15) is 25.7 Å². The van der Waals surface area contributed by atoms with Crippen LogP contribution in [-0.2, 0) is 4.79 Å². The second kappa shape index (κ2) is 6.43. The van der Waals surface area contributed by atoms with Gasteiger partial charge in [0.25, 0.3) is 0 Å². The molecule has 2 heterocycles. The molecule has 0 aliphatic carbocycles. The van der Waals surface area contributed by atoms with Crippen LogP contribution in [0.25, 0.3) is 0 Å². The zero-order chi connectivity index (χ0) is 14.7. The number of hydrogen-bond donors (Lipinski definition) is 1.